The molecule has 0 saturated carbocycles. The standard InChI is InChI=1S/C23H25BrN2O2.C18H17BrN2.2H2S/c1-23(2,3)28-22(27)26-10-4-5-21(26)20-13-18(14-25-20)16-6-7-17-12-19(24)9-8-15(17)11-16;19-16-6-5-12-8-13(3-4-14(12)9-16)15-10-18(21-11-15)17-2-1-7-20-17;;/h6-9,11-12,14,21H,4-5,10,13H2,1-3H3;3-6,8-9,11,17,20H,1-2,7,10H2;2*1H2/t21-;17-;;/m00../s1. The first-order chi connectivity index (χ1) is 23.6. The third kappa shape index (κ3) is 9.38. The first-order valence-corrected chi connectivity index (χ1v) is 18.8. The van der Waals surface area contributed by atoms with Gasteiger partial charge in [-0.05, 0) is 133 Å². The van der Waals surface area contributed by atoms with E-state index in [4.69, 9.17) is 9.73 Å². The molecule has 0 aromatic heterocycles. The molecule has 2 saturated heterocycles. The number of aliphatic imine (C=N–C) groups is 2. The smallest absolute Gasteiger partial charge is 0.410 e. The number of benzene rings is 4. The van der Waals surface area contributed by atoms with E-state index in [1.807, 2.05) is 31.9 Å². The van der Waals surface area contributed by atoms with Crippen molar-refractivity contribution < 1.29 is 9.53 Å². The molecule has 0 aliphatic carbocycles. The van der Waals surface area contributed by atoms with Crippen LogP contribution in [0.2, 0.25) is 0 Å². The molecule has 4 aromatic carbocycles. The van der Waals surface area contributed by atoms with E-state index >= 15 is 0 Å². The zero-order chi connectivity index (χ0) is 34.1. The fraction of sp³-hybridized carbons (Fsp3) is 0.341. The minimum absolute atomic E-state index is 0. The van der Waals surface area contributed by atoms with Gasteiger partial charge in [-0.3, -0.25) is 14.9 Å². The summed E-state index contributed by atoms with van der Waals surface area (Å²) in [6.45, 7) is 7.58. The summed E-state index contributed by atoms with van der Waals surface area (Å²) in [5, 5.41) is 8.51. The van der Waals surface area contributed by atoms with E-state index in [1.165, 1.54) is 62.4 Å². The van der Waals surface area contributed by atoms with Crippen molar-refractivity contribution in [1.29, 1.82) is 0 Å². The van der Waals surface area contributed by atoms with Crippen LogP contribution in [0.1, 0.15) is 70.4 Å². The van der Waals surface area contributed by atoms with Crippen LogP contribution >= 0.6 is 58.9 Å². The Labute approximate surface area is 332 Å². The van der Waals surface area contributed by atoms with Gasteiger partial charge in [-0.15, -0.1) is 0 Å². The predicted molar refractivity (Wildman–Crippen MR) is 231 cm³/mol. The van der Waals surface area contributed by atoms with E-state index in [9.17, 15) is 4.79 Å². The van der Waals surface area contributed by atoms with Gasteiger partial charge in [0.05, 0.1) is 6.04 Å². The maximum absolute atomic E-state index is 12.6. The highest BCUT2D eigenvalue weighted by atomic mass is 79.9. The molecule has 10 heteroatoms. The molecular weight excluding hydrogens is 804 g/mol. The summed E-state index contributed by atoms with van der Waals surface area (Å²) in [5.74, 6) is 0. The van der Waals surface area contributed by atoms with Crippen molar-refractivity contribution in [3.05, 3.63) is 105 Å². The summed E-state index contributed by atoms with van der Waals surface area (Å²) in [5.41, 5.74) is 6.91. The number of ether oxygens (including phenoxy) is 1. The molecule has 0 bridgehead atoms. The van der Waals surface area contributed by atoms with Crippen molar-refractivity contribution in [1.82, 2.24) is 10.2 Å². The van der Waals surface area contributed by atoms with Crippen LogP contribution < -0.4 is 5.32 Å². The molecule has 4 aliphatic rings. The van der Waals surface area contributed by atoms with E-state index in [0.29, 0.717) is 6.04 Å². The quantitative estimate of drug-likeness (QED) is 0.222. The minimum atomic E-state index is -0.481. The molecule has 0 unspecified atom stereocenters. The third-order valence-corrected chi connectivity index (χ3v) is 10.6. The van der Waals surface area contributed by atoms with Crippen LogP contribution in [0.15, 0.2) is 104 Å². The van der Waals surface area contributed by atoms with Gasteiger partial charge in [0.2, 0.25) is 0 Å². The minimum Gasteiger partial charge on any atom is -0.444 e. The van der Waals surface area contributed by atoms with Crippen molar-refractivity contribution in [2.75, 3.05) is 13.1 Å². The van der Waals surface area contributed by atoms with Crippen molar-refractivity contribution >= 4 is 109 Å². The van der Waals surface area contributed by atoms with Crippen LogP contribution in [0, 0.1) is 0 Å². The summed E-state index contributed by atoms with van der Waals surface area (Å²) in [6, 6.07) is 26.5. The van der Waals surface area contributed by atoms with Gasteiger partial charge in [-0.1, -0.05) is 68.3 Å². The number of fused-ring (bicyclic) bond motifs is 2. The number of rotatable bonds is 4. The number of nitrogens with one attached hydrogen (secondary N) is 1. The van der Waals surface area contributed by atoms with Gasteiger partial charge in [0.15, 0.2) is 0 Å². The molecule has 0 spiro atoms. The Kier molecular flexibility index (Phi) is 13.0. The summed E-state index contributed by atoms with van der Waals surface area (Å²) in [6.07, 6.45) is 9.98. The van der Waals surface area contributed by atoms with Gasteiger partial charge < -0.3 is 10.1 Å². The van der Waals surface area contributed by atoms with Crippen LogP contribution in [0.25, 0.3) is 32.7 Å². The predicted octanol–water partition coefficient (Wildman–Crippen LogP) is 11.0. The zero-order valence-corrected chi connectivity index (χ0v) is 34.5. The molecule has 51 heavy (non-hydrogen) atoms. The monoisotopic (exact) mass is 848 g/mol. The van der Waals surface area contributed by atoms with Gasteiger partial charge >= 0.3 is 6.09 Å². The molecule has 4 heterocycles. The number of amides is 1. The second kappa shape index (κ2) is 16.8. The van der Waals surface area contributed by atoms with E-state index < -0.39 is 5.60 Å². The lowest BCUT2D eigenvalue weighted by Gasteiger charge is -2.28. The van der Waals surface area contributed by atoms with E-state index in [0.717, 1.165) is 53.4 Å². The Morgan fingerprint density at radius 3 is 1.82 bits per heavy atom. The maximum atomic E-state index is 12.6. The Bertz CT molecular complexity index is 2050. The molecule has 1 amide bonds. The SMILES string of the molecule is Brc1ccc2cc(C3=CN=C([C@@H]4CCCN4)C3)ccc2c1.CC(C)(C)OC(=O)N1CCC[C@H]1C1=NC=C(c2ccc3cc(Br)ccc3c2)C1.S.S. The highest BCUT2D eigenvalue weighted by Crippen LogP contribution is 2.33. The zero-order valence-electron chi connectivity index (χ0n) is 29.3. The average Bonchev–Trinajstić information content (AvgIpc) is 3.90. The molecule has 1 N–H and O–H groups in total. The number of hydrogen-bond acceptors (Lipinski definition) is 5. The Hall–Kier alpha value is -2.89. The van der Waals surface area contributed by atoms with Gasteiger partial charge in [-0.25, -0.2) is 4.79 Å². The number of allylic oxidation sites excluding steroid dienone is 2. The van der Waals surface area contributed by atoms with Gasteiger partial charge in [0, 0.05) is 58.2 Å². The molecular formula is C41H46Br2N4O2S2. The topological polar surface area (TPSA) is 66.3 Å². The Morgan fingerprint density at radius 2 is 1.27 bits per heavy atom. The second-order valence-electron chi connectivity index (χ2n) is 14.3. The Morgan fingerprint density at radius 1 is 0.745 bits per heavy atom. The summed E-state index contributed by atoms with van der Waals surface area (Å²) >= 11 is 7.05. The molecule has 2 fully saturated rings. The first kappa shape index (κ1) is 39.3. The lowest BCUT2D eigenvalue weighted by atomic mass is 9.97. The largest absolute Gasteiger partial charge is 0.444 e. The van der Waals surface area contributed by atoms with Crippen LogP contribution in [-0.4, -0.2) is 53.2 Å². The van der Waals surface area contributed by atoms with Crippen LogP contribution in [0.5, 0.6) is 0 Å². The molecule has 8 rings (SSSR count). The maximum Gasteiger partial charge on any atom is 0.410 e. The lowest BCUT2D eigenvalue weighted by Crippen LogP contribution is -2.43. The summed E-state index contributed by atoms with van der Waals surface area (Å²) in [7, 11) is 0. The van der Waals surface area contributed by atoms with Crippen molar-refractivity contribution in [3.63, 3.8) is 0 Å². The second-order valence-corrected chi connectivity index (χ2v) is 16.1. The van der Waals surface area contributed by atoms with E-state index in [-0.39, 0.29) is 39.1 Å². The van der Waals surface area contributed by atoms with Crippen LogP contribution in [0.3, 0.4) is 0 Å². The fourth-order valence-electron chi connectivity index (χ4n) is 7.12. The van der Waals surface area contributed by atoms with Gasteiger partial charge in [0.25, 0.3) is 0 Å². The summed E-state index contributed by atoms with van der Waals surface area (Å²) < 4.78 is 7.80. The number of hydrogen-bond donors (Lipinski definition) is 1. The molecule has 2 atom stereocenters. The third-order valence-electron chi connectivity index (χ3n) is 9.59. The molecule has 4 aliphatic heterocycles. The molecule has 6 nitrogen and oxygen atoms in total. The highest BCUT2D eigenvalue weighted by Gasteiger charge is 2.36. The van der Waals surface area contributed by atoms with Crippen LogP contribution in [0.4, 0.5) is 4.79 Å². The van der Waals surface area contributed by atoms with E-state index in [2.05, 4.69) is 121 Å². The number of nitrogens with zero attached hydrogens (tertiary/aromatic N) is 3. The fourth-order valence-corrected chi connectivity index (χ4v) is 7.88. The normalized spacial score (nSPS) is 19.7. The summed E-state index contributed by atoms with van der Waals surface area (Å²) in [4.78, 5) is 23.8. The van der Waals surface area contributed by atoms with Crippen molar-refractivity contribution in [2.24, 2.45) is 9.98 Å². The Balaban J connectivity index is 0.000000197. The van der Waals surface area contributed by atoms with Crippen molar-refractivity contribution in [3.8, 4) is 0 Å². The number of likely N-dealkylation sites (tertiary alicyclic amines) is 1. The number of carbonyl (C=O) groups excluding carboxylic acids is 1. The van der Waals surface area contributed by atoms with Gasteiger partial charge in [-0.2, -0.15) is 27.0 Å². The van der Waals surface area contributed by atoms with Crippen LogP contribution in [-0.2, 0) is 4.74 Å². The number of carbonyl (C=O) groups is 1. The average molecular weight is 851 g/mol. The lowest BCUT2D eigenvalue weighted by molar-refractivity contribution is 0.0265. The molecule has 268 valence electrons. The first-order valence-electron chi connectivity index (χ1n) is 17.2. The van der Waals surface area contributed by atoms with E-state index in [1.54, 1.807) is 0 Å². The highest BCUT2D eigenvalue weighted by molar-refractivity contribution is 9.10. The van der Waals surface area contributed by atoms with Crippen molar-refractivity contribution in [2.45, 2.75) is 77.0 Å². The molecule has 4 aromatic rings. The molecule has 0 radical (unpaired) electrons. The number of halogens is 2. The van der Waals surface area contributed by atoms with Gasteiger partial charge in [0.1, 0.15) is 5.60 Å².